The molecule has 0 spiro atoms. The van der Waals surface area contributed by atoms with Crippen LogP contribution in [0.4, 0.5) is 4.79 Å². The number of carbonyl (C=O) groups is 1. The first-order chi connectivity index (χ1) is 14.6. The van der Waals surface area contributed by atoms with Gasteiger partial charge in [0.1, 0.15) is 24.7 Å². The molecular weight excluding hydrogens is 378 g/mol. The third-order valence-corrected chi connectivity index (χ3v) is 4.76. The molecular formula is C25H27NO4. The van der Waals surface area contributed by atoms with Gasteiger partial charge in [-0.2, -0.15) is 0 Å². The number of rotatable bonds is 10. The van der Waals surface area contributed by atoms with Crippen LogP contribution in [-0.2, 0) is 19.6 Å². The van der Waals surface area contributed by atoms with Crippen molar-refractivity contribution in [3.63, 3.8) is 0 Å². The first-order valence-corrected chi connectivity index (χ1v) is 10.1. The second-order valence-electron chi connectivity index (χ2n) is 6.97. The fourth-order valence-corrected chi connectivity index (χ4v) is 3.08. The Balaban J connectivity index is 1.73. The monoisotopic (exact) mass is 405 g/mol. The summed E-state index contributed by atoms with van der Waals surface area (Å²) >= 11 is 0. The van der Waals surface area contributed by atoms with Crippen molar-refractivity contribution in [3.8, 4) is 11.5 Å². The maximum Gasteiger partial charge on any atom is 0.407 e. The Morgan fingerprint density at radius 1 is 0.800 bits per heavy atom. The third-order valence-electron chi connectivity index (χ3n) is 4.76. The highest BCUT2D eigenvalue weighted by Crippen LogP contribution is 2.25. The van der Waals surface area contributed by atoms with Crippen LogP contribution in [0, 0.1) is 0 Å². The Morgan fingerprint density at radius 3 is 1.73 bits per heavy atom. The predicted octanol–water partition coefficient (Wildman–Crippen LogP) is 5.39. The number of carboxylic acid groups (broad SMARTS) is 1. The average Bonchev–Trinajstić information content (AvgIpc) is 2.78. The highest BCUT2D eigenvalue weighted by atomic mass is 16.5. The zero-order valence-corrected chi connectivity index (χ0v) is 17.2. The summed E-state index contributed by atoms with van der Waals surface area (Å²) in [5, 5.41) is 9.26. The number of hydrogen-bond acceptors (Lipinski definition) is 3. The molecule has 0 saturated carbocycles. The van der Waals surface area contributed by atoms with Gasteiger partial charge >= 0.3 is 6.09 Å². The summed E-state index contributed by atoms with van der Waals surface area (Å²) in [6.07, 6.45) is -0.320. The predicted molar refractivity (Wildman–Crippen MR) is 117 cm³/mol. The van der Waals surface area contributed by atoms with Gasteiger partial charge in [0.15, 0.2) is 0 Å². The second-order valence-corrected chi connectivity index (χ2v) is 6.97. The zero-order chi connectivity index (χ0) is 21.2. The van der Waals surface area contributed by atoms with Crippen molar-refractivity contribution in [2.24, 2.45) is 0 Å². The van der Waals surface area contributed by atoms with E-state index in [9.17, 15) is 9.90 Å². The molecule has 0 heterocycles. The van der Waals surface area contributed by atoms with E-state index in [1.54, 1.807) is 0 Å². The minimum absolute atomic E-state index is 0.423. The molecule has 1 N–H and O–H groups in total. The van der Waals surface area contributed by atoms with Crippen LogP contribution in [0.1, 0.15) is 23.6 Å². The standard InChI is InChI=1S/C25H27NO4/c1-2-26(25(27)28)14-13-22-15-23(29-18-20-9-5-3-6-10-20)17-24(16-22)30-19-21-11-7-4-8-12-21/h3-12,15-17H,2,13-14,18-19H2,1H3,(H,27,28). The maximum atomic E-state index is 11.3. The van der Waals surface area contributed by atoms with Gasteiger partial charge in [0.2, 0.25) is 0 Å². The Labute approximate surface area is 177 Å². The number of likely N-dealkylation sites (N-methyl/N-ethyl adjacent to an activating group) is 1. The first kappa shape index (κ1) is 21.2. The Bertz CT molecular complexity index is 867. The molecule has 5 nitrogen and oxygen atoms in total. The number of nitrogens with zero attached hydrogens (tertiary/aromatic N) is 1. The Hall–Kier alpha value is -3.47. The summed E-state index contributed by atoms with van der Waals surface area (Å²) in [6.45, 7) is 3.63. The van der Waals surface area contributed by atoms with E-state index in [0.717, 1.165) is 16.7 Å². The van der Waals surface area contributed by atoms with Gasteiger partial charge in [-0.1, -0.05) is 60.7 Å². The van der Waals surface area contributed by atoms with Crippen LogP contribution < -0.4 is 9.47 Å². The maximum absolute atomic E-state index is 11.3. The summed E-state index contributed by atoms with van der Waals surface area (Å²) in [4.78, 5) is 12.7. The Kier molecular flexibility index (Phi) is 7.72. The lowest BCUT2D eigenvalue weighted by molar-refractivity contribution is 0.148. The molecule has 0 fully saturated rings. The highest BCUT2D eigenvalue weighted by Gasteiger charge is 2.11. The summed E-state index contributed by atoms with van der Waals surface area (Å²) in [5.41, 5.74) is 3.14. The molecule has 3 rings (SSSR count). The van der Waals surface area contributed by atoms with Gasteiger partial charge < -0.3 is 19.5 Å². The molecule has 0 atom stereocenters. The molecule has 0 radical (unpaired) electrons. The summed E-state index contributed by atoms with van der Waals surface area (Å²) in [7, 11) is 0. The number of amides is 1. The Morgan fingerprint density at radius 2 is 1.30 bits per heavy atom. The topological polar surface area (TPSA) is 59.0 Å². The second kappa shape index (κ2) is 10.9. The van der Waals surface area contributed by atoms with E-state index >= 15 is 0 Å². The van der Waals surface area contributed by atoms with E-state index in [-0.39, 0.29) is 0 Å². The van der Waals surface area contributed by atoms with Crippen molar-refractivity contribution >= 4 is 6.09 Å². The molecule has 0 aliphatic heterocycles. The molecule has 3 aromatic rings. The number of benzene rings is 3. The SMILES string of the molecule is CCN(CCc1cc(OCc2ccccc2)cc(OCc2ccccc2)c1)C(=O)O. The molecule has 1 amide bonds. The molecule has 0 bridgehead atoms. The van der Waals surface area contributed by atoms with E-state index < -0.39 is 6.09 Å². The number of hydrogen-bond donors (Lipinski definition) is 1. The van der Waals surface area contributed by atoms with Crippen LogP contribution in [-0.4, -0.2) is 29.2 Å². The van der Waals surface area contributed by atoms with E-state index in [1.165, 1.54) is 4.90 Å². The van der Waals surface area contributed by atoms with Crippen LogP contribution >= 0.6 is 0 Å². The summed E-state index contributed by atoms with van der Waals surface area (Å²) < 4.78 is 12.0. The van der Waals surface area contributed by atoms with Crippen LogP contribution in [0.3, 0.4) is 0 Å². The van der Waals surface area contributed by atoms with Crippen LogP contribution in [0.25, 0.3) is 0 Å². The normalized spacial score (nSPS) is 10.4. The fraction of sp³-hybridized carbons (Fsp3) is 0.240. The van der Waals surface area contributed by atoms with Crippen LogP contribution in [0.15, 0.2) is 78.9 Å². The number of ether oxygens (including phenoxy) is 2. The minimum atomic E-state index is -0.908. The molecule has 0 aliphatic carbocycles. The van der Waals surface area contributed by atoms with Crippen molar-refractivity contribution in [1.82, 2.24) is 4.90 Å². The van der Waals surface area contributed by atoms with Crippen molar-refractivity contribution in [2.45, 2.75) is 26.6 Å². The van der Waals surface area contributed by atoms with Crippen molar-refractivity contribution in [2.75, 3.05) is 13.1 Å². The third kappa shape index (κ3) is 6.55. The van der Waals surface area contributed by atoms with E-state index in [2.05, 4.69) is 0 Å². The lowest BCUT2D eigenvalue weighted by Gasteiger charge is -2.18. The van der Waals surface area contributed by atoms with Gasteiger partial charge in [0, 0.05) is 19.2 Å². The highest BCUT2D eigenvalue weighted by molar-refractivity contribution is 5.64. The zero-order valence-electron chi connectivity index (χ0n) is 17.2. The molecule has 156 valence electrons. The van der Waals surface area contributed by atoms with Gasteiger partial charge in [-0.25, -0.2) is 4.79 Å². The van der Waals surface area contributed by atoms with Gasteiger partial charge in [-0.05, 0) is 42.2 Å². The van der Waals surface area contributed by atoms with Gasteiger partial charge in [0.25, 0.3) is 0 Å². The molecule has 0 saturated heterocycles. The van der Waals surface area contributed by atoms with Crippen molar-refractivity contribution in [1.29, 1.82) is 0 Å². The lowest BCUT2D eigenvalue weighted by Crippen LogP contribution is -2.31. The van der Waals surface area contributed by atoms with Gasteiger partial charge in [0.05, 0.1) is 0 Å². The largest absolute Gasteiger partial charge is 0.489 e. The smallest absolute Gasteiger partial charge is 0.407 e. The summed E-state index contributed by atoms with van der Waals surface area (Å²) in [5.74, 6) is 1.41. The van der Waals surface area contributed by atoms with Crippen LogP contribution in [0.2, 0.25) is 0 Å². The van der Waals surface area contributed by atoms with Crippen molar-refractivity contribution < 1.29 is 19.4 Å². The quantitative estimate of drug-likeness (QED) is 0.491. The van der Waals surface area contributed by atoms with E-state index in [4.69, 9.17) is 9.47 Å². The molecule has 0 aliphatic rings. The van der Waals surface area contributed by atoms with E-state index in [0.29, 0.717) is 44.2 Å². The molecule has 5 heteroatoms. The van der Waals surface area contributed by atoms with E-state index in [1.807, 2.05) is 85.8 Å². The molecule has 30 heavy (non-hydrogen) atoms. The van der Waals surface area contributed by atoms with Crippen LogP contribution in [0.5, 0.6) is 11.5 Å². The molecule has 3 aromatic carbocycles. The van der Waals surface area contributed by atoms with Gasteiger partial charge in [-0.15, -0.1) is 0 Å². The average molecular weight is 405 g/mol. The minimum Gasteiger partial charge on any atom is -0.489 e. The molecule has 0 aromatic heterocycles. The van der Waals surface area contributed by atoms with Crippen molar-refractivity contribution in [3.05, 3.63) is 95.6 Å². The summed E-state index contributed by atoms with van der Waals surface area (Å²) in [6, 6.07) is 25.7. The van der Waals surface area contributed by atoms with Gasteiger partial charge in [-0.3, -0.25) is 0 Å². The fourth-order valence-electron chi connectivity index (χ4n) is 3.08. The first-order valence-electron chi connectivity index (χ1n) is 10.1. The molecule has 0 unspecified atom stereocenters. The lowest BCUT2D eigenvalue weighted by atomic mass is 10.1.